The van der Waals surface area contributed by atoms with E-state index < -0.39 is 10.0 Å². The molecule has 20 heavy (non-hydrogen) atoms. The zero-order chi connectivity index (χ0) is 14.9. The predicted molar refractivity (Wildman–Crippen MR) is 79.1 cm³/mol. The Morgan fingerprint density at radius 3 is 2.85 bits per heavy atom. The maximum absolute atomic E-state index is 12.7. The third-order valence-electron chi connectivity index (χ3n) is 3.40. The Bertz CT molecular complexity index is 606. The van der Waals surface area contributed by atoms with Crippen molar-refractivity contribution in [3.63, 3.8) is 0 Å². The highest BCUT2D eigenvalue weighted by molar-refractivity contribution is 9.10. The van der Waals surface area contributed by atoms with Crippen molar-refractivity contribution < 1.29 is 18.3 Å². The molecule has 0 aliphatic carbocycles. The van der Waals surface area contributed by atoms with Crippen LogP contribution in [0.1, 0.15) is 12.8 Å². The Labute approximate surface area is 126 Å². The number of ether oxygens (including phenoxy) is 1. The first kappa shape index (κ1) is 15.6. The van der Waals surface area contributed by atoms with Crippen LogP contribution in [0.2, 0.25) is 0 Å². The Kier molecular flexibility index (Phi) is 4.58. The van der Waals surface area contributed by atoms with Gasteiger partial charge in [0.15, 0.2) is 0 Å². The number of rotatable bonds is 4. The number of anilines is 1. The number of nitrogens with two attached hydrogens (primary N) is 1. The van der Waals surface area contributed by atoms with Crippen LogP contribution in [0.15, 0.2) is 21.5 Å². The summed E-state index contributed by atoms with van der Waals surface area (Å²) in [6.07, 6.45) is 1.39. The average molecular weight is 365 g/mol. The van der Waals surface area contributed by atoms with Crippen LogP contribution in [-0.2, 0) is 10.0 Å². The number of halogens is 1. The van der Waals surface area contributed by atoms with E-state index in [-0.39, 0.29) is 23.3 Å². The Balaban J connectivity index is 2.51. The summed E-state index contributed by atoms with van der Waals surface area (Å²) in [5.41, 5.74) is 6.10. The summed E-state index contributed by atoms with van der Waals surface area (Å²) >= 11 is 3.24. The van der Waals surface area contributed by atoms with Crippen LogP contribution in [0.25, 0.3) is 0 Å². The van der Waals surface area contributed by atoms with E-state index in [1.54, 1.807) is 0 Å². The summed E-state index contributed by atoms with van der Waals surface area (Å²) in [5.74, 6) is 0.231. The van der Waals surface area contributed by atoms with E-state index in [9.17, 15) is 13.5 Å². The van der Waals surface area contributed by atoms with Crippen molar-refractivity contribution in [1.29, 1.82) is 0 Å². The molecule has 1 heterocycles. The van der Waals surface area contributed by atoms with Gasteiger partial charge in [-0.1, -0.05) is 0 Å². The molecule has 1 saturated heterocycles. The third-order valence-corrected chi connectivity index (χ3v) is 6.06. The Hall–Kier alpha value is -0.830. The molecule has 3 N–H and O–H groups in total. The van der Waals surface area contributed by atoms with Crippen LogP contribution < -0.4 is 10.5 Å². The number of benzene rings is 1. The summed E-state index contributed by atoms with van der Waals surface area (Å²) in [5, 5.41) is 9.30. The number of nitrogen functional groups attached to an aromatic ring is 1. The highest BCUT2D eigenvalue weighted by atomic mass is 79.9. The molecule has 2 rings (SSSR count). The van der Waals surface area contributed by atoms with Gasteiger partial charge < -0.3 is 15.6 Å². The minimum absolute atomic E-state index is 0.0288. The van der Waals surface area contributed by atoms with Crippen molar-refractivity contribution in [3.8, 4) is 5.75 Å². The minimum Gasteiger partial charge on any atom is -0.495 e. The van der Waals surface area contributed by atoms with E-state index >= 15 is 0 Å². The van der Waals surface area contributed by atoms with Gasteiger partial charge in [0.05, 0.1) is 13.7 Å². The average Bonchev–Trinajstić information content (AvgIpc) is 2.90. The lowest BCUT2D eigenvalue weighted by atomic mass is 10.2. The van der Waals surface area contributed by atoms with Gasteiger partial charge in [0.1, 0.15) is 10.6 Å². The second-order valence-electron chi connectivity index (χ2n) is 4.62. The largest absolute Gasteiger partial charge is 0.495 e. The number of aliphatic hydroxyl groups excluding tert-OH is 1. The van der Waals surface area contributed by atoms with E-state index in [4.69, 9.17) is 10.5 Å². The first-order valence-electron chi connectivity index (χ1n) is 6.17. The van der Waals surface area contributed by atoms with Crippen LogP contribution in [0.4, 0.5) is 5.69 Å². The topological polar surface area (TPSA) is 92.9 Å². The SMILES string of the molecule is COc1cc(Br)c(N)cc1S(=O)(=O)N1CCC[C@H]1CO. The van der Waals surface area contributed by atoms with Gasteiger partial charge in [0.2, 0.25) is 10.0 Å². The molecule has 0 aromatic heterocycles. The lowest BCUT2D eigenvalue weighted by Gasteiger charge is -2.23. The number of methoxy groups -OCH3 is 1. The Morgan fingerprint density at radius 1 is 1.55 bits per heavy atom. The maximum Gasteiger partial charge on any atom is 0.247 e. The second kappa shape index (κ2) is 5.88. The Morgan fingerprint density at radius 2 is 2.25 bits per heavy atom. The fourth-order valence-corrected chi connectivity index (χ4v) is 4.53. The van der Waals surface area contributed by atoms with E-state index in [0.717, 1.165) is 6.42 Å². The molecule has 0 radical (unpaired) electrons. The van der Waals surface area contributed by atoms with Gasteiger partial charge in [-0.15, -0.1) is 0 Å². The molecule has 0 saturated carbocycles. The van der Waals surface area contributed by atoms with Crippen molar-refractivity contribution in [2.45, 2.75) is 23.8 Å². The lowest BCUT2D eigenvalue weighted by Crippen LogP contribution is -2.37. The highest BCUT2D eigenvalue weighted by Gasteiger charge is 2.36. The summed E-state index contributed by atoms with van der Waals surface area (Å²) in [4.78, 5) is 0.0288. The van der Waals surface area contributed by atoms with E-state index in [2.05, 4.69) is 15.9 Å². The number of sulfonamides is 1. The fourth-order valence-electron chi connectivity index (χ4n) is 2.35. The zero-order valence-electron chi connectivity index (χ0n) is 11.0. The molecule has 1 atom stereocenters. The van der Waals surface area contributed by atoms with Crippen LogP contribution in [0.5, 0.6) is 5.75 Å². The summed E-state index contributed by atoms with van der Waals surface area (Å²) in [6, 6.07) is 2.53. The summed E-state index contributed by atoms with van der Waals surface area (Å²) < 4.78 is 32.5. The third kappa shape index (κ3) is 2.65. The second-order valence-corrected chi connectivity index (χ2v) is 7.33. The monoisotopic (exact) mass is 364 g/mol. The van der Waals surface area contributed by atoms with Gasteiger partial charge in [0.25, 0.3) is 0 Å². The maximum atomic E-state index is 12.7. The summed E-state index contributed by atoms with van der Waals surface area (Å²) in [7, 11) is -2.33. The molecular weight excluding hydrogens is 348 g/mol. The van der Waals surface area contributed by atoms with Gasteiger partial charge in [-0.2, -0.15) is 4.31 Å². The van der Waals surface area contributed by atoms with Crippen molar-refractivity contribution in [3.05, 3.63) is 16.6 Å². The number of hydrogen-bond acceptors (Lipinski definition) is 5. The zero-order valence-corrected chi connectivity index (χ0v) is 13.4. The van der Waals surface area contributed by atoms with Gasteiger partial charge in [0, 0.05) is 22.7 Å². The predicted octanol–water partition coefficient (Wildman–Crippen LogP) is 1.19. The van der Waals surface area contributed by atoms with Crippen molar-refractivity contribution in [1.82, 2.24) is 4.31 Å². The lowest BCUT2D eigenvalue weighted by molar-refractivity contribution is 0.213. The fraction of sp³-hybridized carbons (Fsp3) is 0.500. The number of aliphatic hydroxyl groups is 1. The normalized spacial score (nSPS) is 20.2. The minimum atomic E-state index is -3.73. The molecule has 6 nitrogen and oxygen atoms in total. The van der Waals surface area contributed by atoms with Crippen LogP contribution in [0, 0.1) is 0 Å². The van der Waals surface area contributed by atoms with Gasteiger partial charge in [-0.05, 0) is 40.9 Å². The van der Waals surface area contributed by atoms with E-state index in [1.807, 2.05) is 0 Å². The smallest absolute Gasteiger partial charge is 0.247 e. The quantitative estimate of drug-likeness (QED) is 0.782. The first-order valence-corrected chi connectivity index (χ1v) is 8.40. The van der Waals surface area contributed by atoms with E-state index in [1.165, 1.54) is 23.5 Å². The molecule has 1 aromatic carbocycles. The van der Waals surface area contributed by atoms with E-state index in [0.29, 0.717) is 23.1 Å². The molecule has 0 spiro atoms. The molecule has 8 heteroatoms. The molecule has 1 aromatic rings. The molecular formula is C12H17BrN2O4S. The molecule has 0 bridgehead atoms. The van der Waals surface area contributed by atoms with Gasteiger partial charge in [-0.3, -0.25) is 0 Å². The molecule has 1 aliphatic heterocycles. The van der Waals surface area contributed by atoms with Crippen molar-refractivity contribution in [2.24, 2.45) is 0 Å². The van der Waals surface area contributed by atoms with Gasteiger partial charge >= 0.3 is 0 Å². The molecule has 1 aliphatic rings. The molecule has 112 valence electrons. The number of hydrogen-bond donors (Lipinski definition) is 2. The first-order chi connectivity index (χ1) is 9.41. The van der Waals surface area contributed by atoms with Gasteiger partial charge in [-0.25, -0.2) is 8.42 Å². The van der Waals surface area contributed by atoms with Crippen LogP contribution in [0.3, 0.4) is 0 Å². The summed E-state index contributed by atoms with van der Waals surface area (Å²) in [6.45, 7) is 0.209. The van der Waals surface area contributed by atoms with Crippen LogP contribution >= 0.6 is 15.9 Å². The van der Waals surface area contributed by atoms with Crippen LogP contribution in [-0.4, -0.2) is 44.1 Å². The van der Waals surface area contributed by atoms with Crippen molar-refractivity contribution >= 4 is 31.6 Å². The molecule has 1 fully saturated rings. The highest BCUT2D eigenvalue weighted by Crippen LogP contribution is 2.36. The number of nitrogens with zero attached hydrogens (tertiary/aromatic N) is 1. The standard InChI is InChI=1S/C12H17BrN2O4S/c1-19-11-5-9(13)10(14)6-12(11)20(17,18)15-4-2-3-8(15)7-16/h5-6,8,16H,2-4,7,14H2,1H3/t8-/m0/s1. The van der Waals surface area contributed by atoms with Crippen molar-refractivity contribution in [2.75, 3.05) is 26.0 Å². The molecule has 0 amide bonds. The molecule has 0 unspecified atom stereocenters.